The van der Waals surface area contributed by atoms with Crippen LogP contribution in [0.25, 0.3) is 0 Å². The highest BCUT2D eigenvalue weighted by atomic mass is 32.1. The number of esters is 1. The smallest absolute Gasteiger partial charge is 0.350 e. The lowest BCUT2D eigenvalue weighted by Gasteiger charge is -2.06. The van der Waals surface area contributed by atoms with Crippen molar-refractivity contribution in [1.82, 2.24) is 0 Å². The van der Waals surface area contributed by atoms with Crippen molar-refractivity contribution in [2.75, 3.05) is 44.5 Å². The Hall–Kier alpha value is -1.47. The summed E-state index contributed by atoms with van der Waals surface area (Å²) >= 11 is 1.25. The van der Waals surface area contributed by atoms with Gasteiger partial charge in [-0.1, -0.05) is 0 Å². The maximum absolute atomic E-state index is 11.8. The van der Waals surface area contributed by atoms with Crippen molar-refractivity contribution < 1.29 is 19.0 Å². The summed E-state index contributed by atoms with van der Waals surface area (Å²) in [5, 5.41) is 3.95. The maximum atomic E-state index is 11.8. The van der Waals surface area contributed by atoms with E-state index in [1.807, 2.05) is 6.92 Å². The predicted octanol–water partition coefficient (Wildman–Crippen LogP) is 2.35. The molecule has 20 heavy (non-hydrogen) atoms. The summed E-state index contributed by atoms with van der Waals surface area (Å²) in [5.41, 5.74) is 6.24. The van der Waals surface area contributed by atoms with Gasteiger partial charge in [0.25, 0.3) is 0 Å². The van der Waals surface area contributed by atoms with Gasteiger partial charge in [-0.2, -0.15) is 0 Å². The average Bonchev–Trinajstić information content (AvgIpc) is 2.75. The average molecular weight is 302 g/mol. The molecule has 0 aliphatic carbocycles. The predicted molar refractivity (Wildman–Crippen MR) is 80.8 cm³/mol. The molecular weight excluding hydrogens is 280 g/mol. The molecule has 0 atom stereocenters. The molecule has 3 N–H and O–H groups in total. The summed E-state index contributed by atoms with van der Waals surface area (Å²) in [6.07, 6.45) is 0.865. The van der Waals surface area contributed by atoms with Gasteiger partial charge in [-0.15, -0.1) is 11.3 Å². The van der Waals surface area contributed by atoms with Crippen LogP contribution in [0.2, 0.25) is 0 Å². The standard InChI is InChI=1S/C13H22N2O4S/c1-4-18-8-6-7-15-12-10(17-3)9(14)11(20-12)13(16)19-5-2/h15H,4-8,14H2,1-3H3. The zero-order valence-corrected chi connectivity index (χ0v) is 13.0. The number of rotatable bonds is 9. The number of hydrogen-bond donors (Lipinski definition) is 2. The van der Waals surface area contributed by atoms with E-state index in [-0.39, 0.29) is 0 Å². The van der Waals surface area contributed by atoms with Gasteiger partial charge in [0.2, 0.25) is 0 Å². The summed E-state index contributed by atoms with van der Waals surface area (Å²) in [7, 11) is 1.53. The number of nitrogens with two attached hydrogens (primary N) is 1. The Morgan fingerprint density at radius 2 is 2.10 bits per heavy atom. The highest BCUT2D eigenvalue weighted by molar-refractivity contribution is 7.19. The van der Waals surface area contributed by atoms with Crippen molar-refractivity contribution >= 4 is 28.0 Å². The molecule has 1 aromatic heterocycles. The van der Waals surface area contributed by atoms with E-state index >= 15 is 0 Å². The first-order chi connectivity index (χ1) is 9.65. The zero-order chi connectivity index (χ0) is 15.0. The van der Waals surface area contributed by atoms with E-state index in [4.69, 9.17) is 19.9 Å². The first-order valence-electron chi connectivity index (χ1n) is 6.60. The van der Waals surface area contributed by atoms with Crippen molar-refractivity contribution in [3.8, 4) is 5.75 Å². The van der Waals surface area contributed by atoms with Gasteiger partial charge in [0.05, 0.1) is 13.7 Å². The molecule has 114 valence electrons. The molecule has 0 bridgehead atoms. The lowest BCUT2D eigenvalue weighted by molar-refractivity contribution is 0.0533. The molecule has 1 rings (SSSR count). The van der Waals surface area contributed by atoms with E-state index < -0.39 is 5.97 Å². The van der Waals surface area contributed by atoms with Crippen LogP contribution < -0.4 is 15.8 Å². The SMILES string of the molecule is CCOCCCNc1sc(C(=O)OCC)c(N)c1OC. The molecular formula is C13H22N2O4S. The van der Waals surface area contributed by atoms with Crippen LogP contribution in [-0.4, -0.2) is 39.4 Å². The number of nitrogens with one attached hydrogen (secondary N) is 1. The molecule has 0 saturated carbocycles. The van der Waals surface area contributed by atoms with E-state index in [1.165, 1.54) is 18.4 Å². The number of hydrogen-bond acceptors (Lipinski definition) is 7. The van der Waals surface area contributed by atoms with E-state index in [9.17, 15) is 4.79 Å². The van der Waals surface area contributed by atoms with Crippen LogP contribution in [0.15, 0.2) is 0 Å². The highest BCUT2D eigenvalue weighted by Gasteiger charge is 2.22. The Morgan fingerprint density at radius 1 is 1.35 bits per heavy atom. The van der Waals surface area contributed by atoms with E-state index in [2.05, 4.69) is 5.32 Å². The molecule has 1 heterocycles. The van der Waals surface area contributed by atoms with Crippen molar-refractivity contribution in [3.05, 3.63) is 4.88 Å². The van der Waals surface area contributed by atoms with Gasteiger partial charge in [-0.05, 0) is 20.3 Å². The first-order valence-corrected chi connectivity index (χ1v) is 7.42. The lowest BCUT2D eigenvalue weighted by atomic mass is 10.3. The fourth-order valence-electron chi connectivity index (χ4n) is 1.62. The van der Waals surface area contributed by atoms with Gasteiger partial charge in [-0.3, -0.25) is 0 Å². The van der Waals surface area contributed by atoms with Crippen LogP contribution in [0.3, 0.4) is 0 Å². The molecule has 0 fully saturated rings. The summed E-state index contributed by atoms with van der Waals surface area (Å²) in [4.78, 5) is 12.1. The third kappa shape index (κ3) is 4.28. The molecule has 0 aliphatic rings. The third-order valence-corrected chi connectivity index (χ3v) is 3.64. The number of thiophene rings is 1. The topological polar surface area (TPSA) is 82.8 Å². The molecule has 0 radical (unpaired) electrons. The van der Waals surface area contributed by atoms with E-state index in [1.54, 1.807) is 6.92 Å². The molecule has 0 spiro atoms. The third-order valence-electron chi connectivity index (χ3n) is 2.52. The van der Waals surface area contributed by atoms with Gasteiger partial charge in [0.1, 0.15) is 15.6 Å². The Labute approximate surface area is 123 Å². The minimum Gasteiger partial charge on any atom is -0.492 e. The monoisotopic (exact) mass is 302 g/mol. The second kappa shape index (κ2) is 8.65. The number of methoxy groups -OCH3 is 1. The Balaban J connectivity index is 2.70. The Kier molecular flexibility index (Phi) is 7.17. The molecule has 0 unspecified atom stereocenters. The van der Waals surface area contributed by atoms with E-state index in [0.717, 1.165) is 18.0 Å². The minimum atomic E-state index is -0.421. The number of carbonyl (C=O) groups excluding carboxylic acids is 1. The van der Waals surface area contributed by atoms with Crippen molar-refractivity contribution in [2.24, 2.45) is 0 Å². The summed E-state index contributed by atoms with van der Waals surface area (Å²) < 4.78 is 15.5. The minimum absolute atomic E-state index is 0.315. The second-order valence-corrected chi connectivity index (χ2v) is 4.93. The van der Waals surface area contributed by atoms with E-state index in [0.29, 0.717) is 36.1 Å². The van der Waals surface area contributed by atoms with Gasteiger partial charge in [-0.25, -0.2) is 4.79 Å². The van der Waals surface area contributed by atoms with Crippen molar-refractivity contribution in [2.45, 2.75) is 20.3 Å². The fraction of sp³-hybridized carbons (Fsp3) is 0.615. The van der Waals surface area contributed by atoms with Gasteiger partial charge in [0.15, 0.2) is 5.75 Å². The number of ether oxygens (including phenoxy) is 3. The quantitative estimate of drug-likeness (QED) is 0.538. The number of carbonyl (C=O) groups is 1. The highest BCUT2D eigenvalue weighted by Crippen LogP contribution is 2.42. The molecule has 7 heteroatoms. The largest absolute Gasteiger partial charge is 0.492 e. The maximum Gasteiger partial charge on any atom is 0.350 e. The fourth-order valence-corrected chi connectivity index (χ4v) is 2.63. The molecule has 0 amide bonds. The van der Waals surface area contributed by atoms with Crippen LogP contribution in [0, 0.1) is 0 Å². The van der Waals surface area contributed by atoms with Crippen LogP contribution >= 0.6 is 11.3 Å². The number of nitrogen functional groups attached to an aromatic ring is 1. The van der Waals surface area contributed by atoms with Crippen LogP contribution in [0.1, 0.15) is 29.9 Å². The number of anilines is 2. The Morgan fingerprint density at radius 3 is 2.70 bits per heavy atom. The molecule has 6 nitrogen and oxygen atoms in total. The first kappa shape index (κ1) is 16.6. The summed E-state index contributed by atoms with van der Waals surface area (Å²) in [5.74, 6) is 0.0742. The zero-order valence-electron chi connectivity index (χ0n) is 12.2. The molecule has 1 aromatic rings. The molecule has 0 aliphatic heterocycles. The summed E-state index contributed by atoms with van der Waals surface area (Å²) in [6, 6.07) is 0. The van der Waals surface area contributed by atoms with Crippen LogP contribution in [0.4, 0.5) is 10.7 Å². The molecule has 0 saturated heterocycles. The Bertz CT molecular complexity index is 434. The van der Waals surface area contributed by atoms with Gasteiger partial charge >= 0.3 is 5.97 Å². The normalized spacial score (nSPS) is 10.3. The van der Waals surface area contributed by atoms with Crippen molar-refractivity contribution in [1.29, 1.82) is 0 Å². The second-order valence-electron chi connectivity index (χ2n) is 3.90. The van der Waals surface area contributed by atoms with Crippen LogP contribution in [-0.2, 0) is 9.47 Å². The molecule has 0 aromatic carbocycles. The summed E-state index contributed by atoms with van der Waals surface area (Å²) in [6.45, 7) is 6.15. The van der Waals surface area contributed by atoms with Gasteiger partial charge < -0.3 is 25.3 Å². The lowest BCUT2D eigenvalue weighted by Crippen LogP contribution is -2.05. The van der Waals surface area contributed by atoms with Crippen LogP contribution in [0.5, 0.6) is 5.75 Å². The van der Waals surface area contributed by atoms with Crippen molar-refractivity contribution in [3.63, 3.8) is 0 Å². The van der Waals surface area contributed by atoms with Gasteiger partial charge in [0, 0.05) is 19.8 Å².